The van der Waals surface area contributed by atoms with Crippen molar-refractivity contribution in [3.63, 3.8) is 0 Å². The van der Waals surface area contributed by atoms with Gasteiger partial charge in [0.25, 0.3) is 0 Å². The lowest BCUT2D eigenvalue weighted by molar-refractivity contribution is 0.0850. The molecule has 0 spiro atoms. The summed E-state index contributed by atoms with van der Waals surface area (Å²) in [5.41, 5.74) is 0.763. The summed E-state index contributed by atoms with van der Waals surface area (Å²) in [7, 11) is 1.53. The van der Waals surface area contributed by atoms with E-state index >= 15 is 0 Å². The van der Waals surface area contributed by atoms with E-state index < -0.39 is 0 Å². The molecule has 2 rings (SSSR count). The summed E-state index contributed by atoms with van der Waals surface area (Å²) in [6.07, 6.45) is 0. The predicted molar refractivity (Wildman–Crippen MR) is 58.0 cm³/mol. The van der Waals surface area contributed by atoms with Crippen molar-refractivity contribution in [2.75, 3.05) is 13.7 Å². The van der Waals surface area contributed by atoms with Crippen molar-refractivity contribution in [1.29, 1.82) is 0 Å². The lowest BCUT2D eigenvalue weighted by Gasteiger charge is -2.00. The fourth-order valence-corrected chi connectivity index (χ4v) is 2.35. The molecule has 1 aromatic heterocycles. The third-order valence-electron chi connectivity index (χ3n) is 2.05. The molecule has 0 saturated carbocycles. The van der Waals surface area contributed by atoms with Gasteiger partial charge in [0.1, 0.15) is 6.61 Å². The second-order valence-corrected chi connectivity index (χ2v) is 3.92. The van der Waals surface area contributed by atoms with Gasteiger partial charge in [-0.2, -0.15) is 0 Å². The molecule has 3 heteroatoms. The maximum Gasteiger partial charge on any atom is 0.189 e. The maximum atomic E-state index is 11.6. The molecule has 0 radical (unpaired) electrons. The molecule has 0 amide bonds. The number of thiophene rings is 1. The van der Waals surface area contributed by atoms with Gasteiger partial charge in [0.05, 0.1) is 0 Å². The molecule has 14 heavy (non-hydrogen) atoms. The Labute approximate surface area is 86.1 Å². The average molecular weight is 206 g/mol. The van der Waals surface area contributed by atoms with E-state index in [1.165, 1.54) is 7.11 Å². The largest absolute Gasteiger partial charge is 0.377 e. The Morgan fingerprint density at radius 1 is 1.43 bits per heavy atom. The van der Waals surface area contributed by atoms with Gasteiger partial charge in [-0.15, -0.1) is 11.3 Å². The highest BCUT2D eigenvalue weighted by Gasteiger charge is 2.09. The van der Waals surface area contributed by atoms with Crippen molar-refractivity contribution in [2.45, 2.75) is 0 Å². The van der Waals surface area contributed by atoms with Crippen LogP contribution in [0.25, 0.3) is 10.1 Å². The molecular formula is C11H10O2S. The van der Waals surface area contributed by atoms with Crippen molar-refractivity contribution >= 4 is 27.2 Å². The van der Waals surface area contributed by atoms with Gasteiger partial charge in [0.2, 0.25) is 0 Å². The molecule has 1 aromatic carbocycles. The summed E-state index contributed by atoms with van der Waals surface area (Å²) in [6, 6.07) is 7.77. The van der Waals surface area contributed by atoms with Crippen LogP contribution in [0, 0.1) is 0 Å². The Hall–Kier alpha value is -1.19. The van der Waals surface area contributed by atoms with E-state index in [2.05, 4.69) is 0 Å². The van der Waals surface area contributed by atoms with Gasteiger partial charge in [0.15, 0.2) is 5.78 Å². The average Bonchev–Trinajstić information content (AvgIpc) is 2.65. The van der Waals surface area contributed by atoms with Crippen molar-refractivity contribution in [1.82, 2.24) is 0 Å². The van der Waals surface area contributed by atoms with Crippen molar-refractivity contribution in [3.8, 4) is 0 Å². The summed E-state index contributed by atoms with van der Waals surface area (Å²) < 4.78 is 5.89. The number of fused-ring (bicyclic) bond motifs is 1. The molecule has 0 aliphatic heterocycles. The first kappa shape index (κ1) is 9.37. The van der Waals surface area contributed by atoms with Crippen LogP contribution < -0.4 is 0 Å². The molecule has 0 N–H and O–H groups in total. The highest BCUT2D eigenvalue weighted by Crippen LogP contribution is 2.24. The van der Waals surface area contributed by atoms with Crippen LogP contribution in [-0.4, -0.2) is 19.5 Å². The lowest BCUT2D eigenvalue weighted by Crippen LogP contribution is -2.06. The Morgan fingerprint density at radius 2 is 2.29 bits per heavy atom. The number of Topliss-reactive ketones (excluding diaryl/α,β-unsaturated/α-hetero) is 1. The highest BCUT2D eigenvalue weighted by atomic mass is 32.1. The van der Waals surface area contributed by atoms with E-state index in [0.717, 1.165) is 15.6 Å². The van der Waals surface area contributed by atoms with Crippen molar-refractivity contribution < 1.29 is 9.53 Å². The van der Waals surface area contributed by atoms with Gasteiger partial charge < -0.3 is 4.74 Å². The summed E-state index contributed by atoms with van der Waals surface area (Å²) >= 11 is 1.59. The zero-order chi connectivity index (χ0) is 9.97. The molecule has 0 fully saturated rings. The maximum absolute atomic E-state index is 11.6. The highest BCUT2D eigenvalue weighted by molar-refractivity contribution is 7.17. The van der Waals surface area contributed by atoms with Crippen LogP contribution >= 0.6 is 11.3 Å². The Kier molecular flexibility index (Phi) is 2.61. The molecule has 0 atom stereocenters. The van der Waals surface area contributed by atoms with E-state index in [1.54, 1.807) is 11.3 Å². The summed E-state index contributed by atoms with van der Waals surface area (Å²) in [4.78, 5) is 11.6. The van der Waals surface area contributed by atoms with Crippen LogP contribution in [0.15, 0.2) is 29.6 Å². The number of rotatable bonds is 3. The number of hydrogen-bond donors (Lipinski definition) is 0. The van der Waals surface area contributed by atoms with Gasteiger partial charge in [-0.05, 0) is 22.9 Å². The van der Waals surface area contributed by atoms with Gasteiger partial charge in [0, 0.05) is 17.4 Å². The number of carbonyl (C=O) groups excluding carboxylic acids is 1. The van der Waals surface area contributed by atoms with Crippen LogP contribution in [0.2, 0.25) is 0 Å². The van der Waals surface area contributed by atoms with Gasteiger partial charge in [-0.1, -0.05) is 12.1 Å². The monoisotopic (exact) mass is 206 g/mol. The fraction of sp³-hybridized carbons (Fsp3) is 0.182. The minimum atomic E-state index is 0.0422. The van der Waals surface area contributed by atoms with E-state index in [1.807, 2.05) is 29.6 Å². The number of carbonyl (C=O) groups is 1. The van der Waals surface area contributed by atoms with Gasteiger partial charge in [-0.25, -0.2) is 0 Å². The molecule has 0 unspecified atom stereocenters. The van der Waals surface area contributed by atoms with E-state index in [-0.39, 0.29) is 12.4 Å². The molecule has 0 aliphatic rings. The minimum absolute atomic E-state index is 0.0422. The smallest absolute Gasteiger partial charge is 0.189 e. The van der Waals surface area contributed by atoms with Crippen LogP contribution in [-0.2, 0) is 4.74 Å². The quantitative estimate of drug-likeness (QED) is 0.722. The lowest BCUT2D eigenvalue weighted by atomic mass is 10.1. The Bertz CT molecular complexity index is 459. The second-order valence-electron chi connectivity index (χ2n) is 3.00. The molecular weight excluding hydrogens is 196 g/mol. The molecule has 2 aromatic rings. The van der Waals surface area contributed by atoms with E-state index in [9.17, 15) is 4.79 Å². The molecule has 72 valence electrons. The number of benzene rings is 1. The Morgan fingerprint density at radius 3 is 3.07 bits per heavy atom. The van der Waals surface area contributed by atoms with Crippen molar-refractivity contribution in [3.05, 3.63) is 35.2 Å². The zero-order valence-electron chi connectivity index (χ0n) is 7.82. The second kappa shape index (κ2) is 3.90. The summed E-state index contributed by atoms with van der Waals surface area (Å²) in [5.74, 6) is 0.0422. The van der Waals surface area contributed by atoms with E-state index in [0.29, 0.717) is 0 Å². The minimum Gasteiger partial charge on any atom is -0.377 e. The third kappa shape index (κ3) is 1.56. The summed E-state index contributed by atoms with van der Waals surface area (Å²) in [5, 5.41) is 3.12. The molecule has 0 bridgehead atoms. The number of methoxy groups -OCH3 is 1. The summed E-state index contributed by atoms with van der Waals surface area (Å²) in [6.45, 7) is 0.150. The fourth-order valence-electron chi connectivity index (χ4n) is 1.42. The predicted octanol–water partition coefficient (Wildman–Crippen LogP) is 2.73. The van der Waals surface area contributed by atoms with Crippen LogP contribution in [0.3, 0.4) is 0 Å². The Balaban J connectivity index is 2.50. The molecule has 1 heterocycles. The van der Waals surface area contributed by atoms with Crippen LogP contribution in [0.4, 0.5) is 0 Å². The van der Waals surface area contributed by atoms with Gasteiger partial charge >= 0.3 is 0 Å². The number of hydrogen-bond acceptors (Lipinski definition) is 3. The number of ketones is 1. The first-order chi connectivity index (χ1) is 6.83. The number of ether oxygens (including phenoxy) is 1. The molecule has 2 nitrogen and oxygen atoms in total. The standard InChI is InChI=1S/C11H10O2S/c1-13-7-10(12)9-4-2-3-8-5-6-14-11(8)9/h2-6H,7H2,1H3. The third-order valence-corrected chi connectivity index (χ3v) is 3.02. The molecule has 0 aliphatic carbocycles. The van der Waals surface area contributed by atoms with E-state index in [4.69, 9.17) is 4.74 Å². The normalized spacial score (nSPS) is 10.6. The van der Waals surface area contributed by atoms with Crippen LogP contribution in [0.1, 0.15) is 10.4 Å². The van der Waals surface area contributed by atoms with Crippen molar-refractivity contribution in [2.24, 2.45) is 0 Å². The first-order valence-electron chi connectivity index (χ1n) is 4.31. The molecule has 0 saturated heterocycles. The zero-order valence-corrected chi connectivity index (χ0v) is 8.64. The topological polar surface area (TPSA) is 26.3 Å². The SMILES string of the molecule is COCC(=O)c1cccc2ccsc12. The first-order valence-corrected chi connectivity index (χ1v) is 5.19. The van der Waals surface area contributed by atoms with Crippen LogP contribution in [0.5, 0.6) is 0 Å². The van der Waals surface area contributed by atoms with Gasteiger partial charge in [-0.3, -0.25) is 4.79 Å².